The van der Waals surface area contributed by atoms with Crippen molar-refractivity contribution in [3.05, 3.63) is 35.4 Å². The van der Waals surface area contributed by atoms with E-state index in [1.807, 2.05) is 6.07 Å². The number of aromatic carboxylic acids is 1. The molecule has 1 aromatic carbocycles. The van der Waals surface area contributed by atoms with Crippen LogP contribution in [0.1, 0.15) is 29.8 Å². The zero-order valence-corrected chi connectivity index (χ0v) is 16.0. The predicted octanol–water partition coefficient (Wildman–Crippen LogP) is 1.50. The highest BCUT2D eigenvalue weighted by Gasteiger charge is 2.34. The van der Waals surface area contributed by atoms with Gasteiger partial charge in [-0.1, -0.05) is 12.1 Å². The molecule has 1 aromatic rings. The van der Waals surface area contributed by atoms with E-state index >= 15 is 0 Å². The molecule has 1 rings (SSSR count). The third kappa shape index (κ3) is 7.95. The maximum atomic E-state index is 12.3. The van der Waals surface area contributed by atoms with Gasteiger partial charge in [0.25, 0.3) is 7.37 Å². The van der Waals surface area contributed by atoms with Crippen molar-refractivity contribution in [2.45, 2.75) is 32.4 Å². The lowest BCUT2D eigenvalue weighted by Gasteiger charge is -2.24. The molecule has 4 N–H and O–H groups in total. The van der Waals surface area contributed by atoms with Crippen molar-refractivity contribution in [3.63, 3.8) is 0 Å². The Morgan fingerprint density at radius 2 is 1.92 bits per heavy atom. The summed E-state index contributed by atoms with van der Waals surface area (Å²) in [5.74, 6) is -0.980. The van der Waals surface area contributed by atoms with Crippen molar-refractivity contribution in [3.8, 4) is 0 Å². The highest BCUT2D eigenvalue weighted by atomic mass is 31.2. The van der Waals surface area contributed by atoms with Gasteiger partial charge in [-0.25, -0.2) is 4.79 Å². The van der Waals surface area contributed by atoms with Crippen molar-refractivity contribution in [1.82, 2.24) is 5.32 Å². The summed E-state index contributed by atoms with van der Waals surface area (Å²) in [6.45, 7) is 4.50. The van der Waals surface area contributed by atoms with Gasteiger partial charge in [0.1, 0.15) is 0 Å². The molecule has 1 unspecified atom stereocenters. The number of hydrogen-bond acceptors (Lipinski definition) is 6. The number of nitrogens with one attached hydrogen (secondary N) is 1. The molecule has 0 radical (unpaired) electrons. The van der Waals surface area contributed by atoms with Gasteiger partial charge in [-0.05, 0) is 44.5 Å². The fraction of sp³-hybridized carbons (Fsp3) is 0.588. The molecule has 8 nitrogen and oxygen atoms in total. The van der Waals surface area contributed by atoms with Crippen LogP contribution in [0.25, 0.3) is 0 Å². The molecule has 0 heterocycles. The Morgan fingerprint density at radius 3 is 2.50 bits per heavy atom. The Hall–Kier alpha value is -1.28. The van der Waals surface area contributed by atoms with Gasteiger partial charge >= 0.3 is 5.97 Å². The van der Waals surface area contributed by atoms with Crippen LogP contribution in [-0.4, -0.2) is 65.7 Å². The van der Waals surface area contributed by atoms with Crippen LogP contribution in [0.5, 0.6) is 0 Å². The van der Waals surface area contributed by atoms with Gasteiger partial charge in [0.15, 0.2) is 0 Å². The van der Waals surface area contributed by atoms with Gasteiger partial charge in [0, 0.05) is 19.8 Å². The number of carbonyl (C=O) groups is 1. The SMILES string of the molecule is CCOC(OCC)P(=O)(O)C[C@@H](O)CNCCc1cccc(C(=O)O)c1. The smallest absolute Gasteiger partial charge is 0.335 e. The number of carboxylic acid groups (broad SMARTS) is 1. The van der Waals surface area contributed by atoms with E-state index < -0.39 is 25.5 Å². The van der Waals surface area contributed by atoms with Gasteiger partial charge in [0.05, 0.1) is 17.8 Å². The Balaban J connectivity index is 2.41. The van der Waals surface area contributed by atoms with E-state index in [9.17, 15) is 19.4 Å². The van der Waals surface area contributed by atoms with Crippen LogP contribution in [-0.2, 0) is 20.5 Å². The molecular weight excluding hydrogens is 361 g/mol. The van der Waals surface area contributed by atoms with Crippen molar-refractivity contribution in [1.29, 1.82) is 0 Å². The van der Waals surface area contributed by atoms with Crippen LogP contribution in [0, 0.1) is 0 Å². The largest absolute Gasteiger partial charge is 0.478 e. The van der Waals surface area contributed by atoms with Crippen LogP contribution < -0.4 is 5.32 Å². The summed E-state index contributed by atoms with van der Waals surface area (Å²) >= 11 is 0. The Morgan fingerprint density at radius 1 is 1.27 bits per heavy atom. The van der Waals surface area contributed by atoms with Gasteiger partial charge in [0.2, 0.25) is 6.03 Å². The number of carboxylic acids is 1. The van der Waals surface area contributed by atoms with Crippen molar-refractivity contribution in [2.24, 2.45) is 0 Å². The summed E-state index contributed by atoms with van der Waals surface area (Å²) in [7, 11) is -3.82. The van der Waals surface area contributed by atoms with Crippen LogP contribution in [0.4, 0.5) is 0 Å². The van der Waals surface area contributed by atoms with Crippen LogP contribution >= 0.6 is 7.37 Å². The molecule has 9 heteroatoms. The summed E-state index contributed by atoms with van der Waals surface area (Å²) in [5.41, 5.74) is 1.08. The molecule has 0 bridgehead atoms. The normalized spacial score (nSPS) is 15.0. The highest BCUT2D eigenvalue weighted by molar-refractivity contribution is 7.58. The molecule has 0 amide bonds. The van der Waals surface area contributed by atoms with Crippen molar-refractivity contribution < 1.29 is 33.9 Å². The number of aliphatic hydroxyl groups excluding tert-OH is 1. The Bertz CT molecular complexity index is 605. The van der Waals surface area contributed by atoms with Crippen LogP contribution in [0.15, 0.2) is 24.3 Å². The van der Waals surface area contributed by atoms with Crippen LogP contribution in [0.3, 0.4) is 0 Å². The van der Waals surface area contributed by atoms with E-state index in [2.05, 4.69) is 5.32 Å². The predicted molar refractivity (Wildman–Crippen MR) is 97.7 cm³/mol. The first-order valence-electron chi connectivity index (χ1n) is 8.55. The van der Waals surface area contributed by atoms with Gasteiger partial charge in [-0.3, -0.25) is 4.57 Å². The van der Waals surface area contributed by atoms with E-state index in [4.69, 9.17) is 14.6 Å². The molecule has 0 fully saturated rings. The third-order valence-corrected chi connectivity index (χ3v) is 5.47. The monoisotopic (exact) mass is 389 g/mol. The average molecular weight is 389 g/mol. The zero-order valence-electron chi connectivity index (χ0n) is 15.1. The van der Waals surface area contributed by atoms with E-state index in [1.165, 1.54) is 6.07 Å². The molecule has 148 valence electrons. The maximum absolute atomic E-state index is 12.3. The molecule has 0 saturated carbocycles. The zero-order chi connectivity index (χ0) is 19.6. The molecule has 26 heavy (non-hydrogen) atoms. The first-order valence-corrected chi connectivity index (χ1v) is 10.5. The first kappa shape index (κ1) is 22.8. The average Bonchev–Trinajstić information content (AvgIpc) is 2.58. The minimum Gasteiger partial charge on any atom is -0.478 e. The van der Waals surface area contributed by atoms with E-state index in [0.29, 0.717) is 13.0 Å². The minimum absolute atomic E-state index is 0.133. The minimum atomic E-state index is -3.82. The van der Waals surface area contributed by atoms with E-state index in [0.717, 1.165) is 5.56 Å². The second kappa shape index (κ2) is 11.4. The van der Waals surface area contributed by atoms with Crippen LogP contribution in [0.2, 0.25) is 0 Å². The quantitative estimate of drug-likeness (QED) is 0.227. The number of benzene rings is 1. The molecule has 0 saturated heterocycles. The molecule has 0 aliphatic carbocycles. The molecule has 0 spiro atoms. The Kier molecular flexibility index (Phi) is 10.0. The lowest BCUT2D eigenvalue weighted by Crippen LogP contribution is -2.32. The number of hydrogen-bond donors (Lipinski definition) is 4. The first-order chi connectivity index (χ1) is 12.3. The number of rotatable bonds is 13. The lowest BCUT2D eigenvalue weighted by atomic mass is 10.1. The van der Waals surface area contributed by atoms with E-state index in [-0.39, 0.29) is 31.5 Å². The van der Waals surface area contributed by atoms with Crippen molar-refractivity contribution >= 4 is 13.3 Å². The summed E-state index contributed by atoms with van der Waals surface area (Å²) in [6.07, 6.45) is -0.788. The summed E-state index contributed by atoms with van der Waals surface area (Å²) in [4.78, 5) is 21.0. The van der Waals surface area contributed by atoms with E-state index in [1.54, 1.807) is 26.0 Å². The summed E-state index contributed by atoms with van der Waals surface area (Å²) < 4.78 is 22.6. The molecule has 0 aromatic heterocycles. The number of aliphatic hydroxyl groups is 1. The van der Waals surface area contributed by atoms with Crippen molar-refractivity contribution in [2.75, 3.05) is 32.5 Å². The topological polar surface area (TPSA) is 125 Å². The standard InChI is InChI=1S/C17H28NO7P/c1-3-24-17(25-4-2)26(22,23)12-15(19)11-18-9-8-13-6-5-7-14(10-13)16(20)21/h5-7,10,15,17-19H,3-4,8-9,11-12H2,1-2H3,(H,20,21)(H,22,23)/t15-/m0/s1. The summed E-state index contributed by atoms with van der Waals surface area (Å²) in [6, 6.07) is 5.39. The fourth-order valence-corrected chi connectivity index (χ4v) is 4.05. The van der Waals surface area contributed by atoms with Gasteiger partial charge in [-0.2, -0.15) is 0 Å². The lowest BCUT2D eigenvalue weighted by molar-refractivity contribution is -0.0876. The third-order valence-electron chi connectivity index (χ3n) is 3.56. The second-order valence-electron chi connectivity index (χ2n) is 5.77. The maximum Gasteiger partial charge on any atom is 0.335 e. The number of ether oxygens (including phenoxy) is 2. The highest BCUT2D eigenvalue weighted by Crippen LogP contribution is 2.47. The molecular formula is C17H28NO7P. The Labute approximate surface area is 153 Å². The summed E-state index contributed by atoms with van der Waals surface area (Å²) in [5, 5.41) is 22.0. The molecule has 0 aliphatic heterocycles. The second-order valence-corrected chi connectivity index (χ2v) is 8.07. The molecule has 2 atom stereocenters. The fourth-order valence-electron chi connectivity index (χ4n) is 2.38. The molecule has 0 aliphatic rings. The van der Waals surface area contributed by atoms with Gasteiger partial charge < -0.3 is 29.9 Å². The van der Waals surface area contributed by atoms with Gasteiger partial charge in [-0.15, -0.1) is 0 Å².